The fourth-order valence-electron chi connectivity index (χ4n) is 2.86. The molecule has 0 aliphatic carbocycles. The number of rotatable bonds is 5. The molecule has 0 aromatic heterocycles. The fourth-order valence-corrected chi connectivity index (χ4v) is 2.86. The standard InChI is InChI=1S/C17H27NO/c1-14(15-7-5-4-6-8-15)9-11-18-16-10-12-19-17(2,3)13-16/h4-8,14,16,18H,9-13H2,1-3H3. The molecule has 1 aromatic carbocycles. The third-order valence-electron chi connectivity index (χ3n) is 4.08. The zero-order valence-electron chi connectivity index (χ0n) is 12.5. The van der Waals surface area contributed by atoms with E-state index >= 15 is 0 Å². The summed E-state index contributed by atoms with van der Waals surface area (Å²) < 4.78 is 5.75. The fraction of sp³-hybridized carbons (Fsp3) is 0.647. The van der Waals surface area contributed by atoms with Crippen molar-refractivity contribution in [2.75, 3.05) is 13.2 Å². The van der Waals surface area contributed by atoms with Crippen LogP contribution in [0, 0.1) is 0 Å². The largest absolute Gasteiger partial charge is 0.375 e. The highest BCUT2D eigenvalue weighted by atomic mass is 16.5. The third-order valence-corrected chi connectivity index (χ3v) is 4.08. The third kappa shape index (κ3) is 4.63. The SMILES string of the molecule is CC(CCNC1CCOC(C)(C)C1)c1ccccc1. The Morgan fingerprint density at radius 2 is 2.05 bits per heavy atom. The van der Waals surface area contributed by atoms with Crippen LogP contribution in [0.1, 0.15) is 51.5 Å². The Bertz CT molecular complexity index is 374. The van der Waals surface area contributed by atoms with Crippen LogP contribution in [0.5, 0.6) is 0 Å². The van der Waals surface area contributed by atoms with Gasteiger partial charge in [0, 0.05) is 12.6 Å². The van der Waals surface area contributed by atoms with Crippen LogP contribution in [-0.2, 0) is 4.74 Å². The quantitative estimate of drug-likeness (QED) is 0.872. The maximum Gasteiger partial charge on any atom is 0.0641 e. The second-order valence-electron chi connectivity index (χ2n) is 6.35. The number of hydrogen-bond acceptors (Lipinski definition) is 2. The van der Waals surface area contributed by atoms with Gasteiger partial charge >= 0.3 is 0 Å². The Kier molecular flexibility index (Phi) is 5.00. The molecule has 0 radical (unpaired) electrons. The molecular formula is C17H27NO. The van der Waals surface area contributed by atoms with Crippen LogP contribution in [0.3, 0.4) is 0 Å². The molecule has 19 heavy (non-hydrogen) atoms. The van der Waals surface area contributed by atoms with E-state index in [1.54, 1.807) is 0 Å². The Balaban J connectivity index is 1.72. The smallest absolute Gasteiger partial charge is 0.0641 e. The molecule has 1 aliphatic heterocycles. The van der Waals surface area contributed by atoms with E-state index in [4.69, 9.17) is 4.74 Å². The molecule has 1 aliphatic rings. The van der Waals surface area contributed by atoms with Crippen molar-refractivity contribution in [3.05, 3.63) is 35.9 Å². The highest BCUT2D eigenvalue weighted by Crippen LogP contribution is 2.24. The molecule has 2 rings (SSSR count). The molecule has 2 nitrogen and oxygen atoms in total. The van der Waals surface area contributed by atoms with Gasteiger partial charge in [0.1, 0.15) is 0 Å². The van der Waals surface area contributed by atoms with Gasteiger partial charge in [0.15, 0.2) is 0 Å². The molecular weight excluding hydrogens is 234 g/mol. The maximum atomic E-state index is 5.75. The predicted octanol–water partition coefficient (Wildman–Crippen LogP) is 3.73. The topological polar surface area (TPSA) is 21.3 Å². The summed E-state index contributed by atoms with van der Waals surface area (Å²) in [6.07, 6.45) is 3.46. The average molecular weight is 261 g/mol. The maximum absolute atomic E-state index is 5.75. The Morgan fingerprint density at radius 3 is 2.74 bits per heavy atom. The van der Waals surface area contributed by atoms with Crippen molar-refractivity contribution < 1.29 is 4.74 Å². The predicted molar refractivity (Wildman–Crippen MR) is 80.5 cm³/mol. The summed E-state index contributed by atoms with van der Waals surface area (Å²) in [7, 11) is 0. The highest BCUT2D eigenvalue weighted by Gasteiger charge is 2.28. The van der Waals surface area contributed by atoms with Gasteiger partial charge in [-0.1, -0.05) is 37.3 Å². The molecule has 0 saturated carbocycles. The lowest BCUT2D eigenvalue weighted by Crippen LogP contribution is -2.44. The average Bonchev–Trinajstić information content (AvgIpc) is 2.38. The van der Waals surface area contributed by atoms with Crippen molar-refractivity contribution in [2.24, 2.45) is 0 Å². The lowest BCUT2D eigenvalue weighted by atomic mass is 9.93. The van der Waals surface area contributed by atoms with E-state index in [0.717, 1.165) is 26.0 Å². The Hall–Kier alpha value is -0.860. The molecule has 1 heterocycles. The van der Waals surface area contributed by atoms with Crippen molar-refractivity contribution in [2.45, 2.75) is 57.6 Å². The summed E-state index contributed by atoms with van der Waals surface area (Å²) in [5.74, 6) is 0.626. The van der Waals surface area contributed by atoms with E-state index in [2.05, 4.69) is 56.4 Å². The van der Waals surface area contributed by atoms with E-state index in [1.165, 1.54) is 12.0 Å². The molecule has 1 saturated heterocycles. The van der Waals surface area contributed by atoms with Crippen LogP contribution in [0.4, 0.5) is 0 Å². The number of nitrogens with one attached hydrogen (secondary N) is 1. The highest BCUT2D eigenvalue weighted by molar-refractivity contribution is 5.18. The zero-order chi connectivity index (χ0) is 13.7. The van der Waals surface area contributed by atoms with Gasteiger partial charge in [-0.15, -0.1) is 0 Å². The van der Waals surface area contributed by atoms with Gasteiger partial charge in [-0.3, -0.25) is 0 Å². The summed E-state index contributed by atoms with van der Waals surface area (Å²) in [5.41, 5.74) is 1.48. The molecule has 0 bridgehead atoms. The summed E-state index contributed by atoms with van der Waals surface area (Å²) in [4.78, 5) is 0. The van der Waals surface area contributed by atoms with Gasteiger partial charge in [0.05, 0.1) is 5.60 Å². The van der Waals surface area contributed by atoms with Crippen molar-refractivity contribution in [3.8, 4) is 0 Å². The second kappa shape index (κ2) is 6.53. The van der Waals surface area contributed by atoms with Crippen LogP contribution in [0.25, 0.3) is 0 Å². The summed E-state index contributed by atoms with van der Waals surface area (Å²) in [6, 6.07) is 11.4. The van der Waals surface area contributed by atoms with Gasteiger partial charge in [0.2, 0.25) is 0 Å². The molecule has 1 fully saturated rings. The van der Waals surface area contributed by atoms with Crippen LogP contribution in [0.2, 0.25) is 0 Å². The second-order valence-corrected chi connectivity index (χ2v) is 6.35. The molecule has 0 amide bonds. The van der Waals surface area contributed by atoms with Gasteiger partial charge in [-0.25, -0.2) is 0 Å². The first kappa shape index (κ1) is 14.5. The van der Waals surface area contributed by atoms with Crippen molar-refractivity contribution >= 4 is 0 Å². The molecule has 2 atom stereocenters. The number of ether oxygens (including phenoxy) is 1. The minimum atomic E-state index is 0.0426. The summed E-state index contributed by atoms with van der Waals surface area (Å²) >= 11 is 0. The first-order valence-corrected chi connectivity index (χ1v) is 7.49. The van der Waals surface area contributed by atoms with E-state index in [0.29, 0.717) is 12.0 Å². The molecule has 1 N–H and O–H groups in total. The van der Waals surface area contributed by atoms with Crippen molar-refractivity contribution in [3.63, 3.8) is 0 Å². The first-order chi connectivity index (χ1) is 9.07. The first-order valence-electron chi connectivity index (χ1n) is 7.49. The summed E-state index contributed by atoms with van der Waals surface area (Å²) in [5, 5.41) is 3.70. The van der Waals surface area contributed by atoms with Crippen LogP contribution in [0.15, 0.2) is 30.3 Å². The zero-order valence-corrected chi connectivity index (χ0v) is 12.5. The molecule has 1 aromatic rings. The Labute approximate surface area is 117 Å². The molecule has 106 valence electrons. The lowest BCUT2D eigenvalue weighted by molar-refractivity contribution is -0.0628. The molecule has 0 spiro atoms. The van der Waals surface area contributed by atoms with Gasteiger partial charge in [-0.05, 0) is 51.1 Å². The number of hydrogen-bond donors (Lipinski definition) is 1. The minimum absolute atomic E-state index is 0.0426. The number of benzene rings is 1. The molecule has 2 heteroatoms. The normalized spacial score (nSPS) is 24.1. The van der Waals surface area contributed by atoms with E-state index in [-0.39, 0.29) is 5.60 Å². The minimum Gasteiger partial charge on any atom is -0.375 e. The lowest BCUT2D eigenvalue weighted by Gasteiger charge is -2.36. The Morgan fingerprint density at radius 1 is 1.32 bits per heavy atom. The van der Waals surface area contributed by atoms with Crippen molar-refractivity contribution in [1.29, 1.82) is 0 Å². The van der Waals surface area contributed by atoms with E-state index < -0.39 is 0 Å². The van der Waals surface area contributed by atoms with Gasteiger partial charge < -0.3 is 10.1 Å². The van der Waals surface area contributed by atoms with E-state index in [1.807, 2.05) is 0 Å². The molecule has 2 unspecified atom stereocenters. The van der Waals surface area contributed by atoms with Crippen molar-refractivity contribution in [1.82, 2.24) is 5.32 Å². The van der Waals surface area contributed by atoms with Crippen LogP contribution in [-0.4, -0.2) is 24.8 Å². The van der Waals surface area contributed by atoms with Crippen LogP contribution < -0.4 is 5.32 Å². The van der Waals surface area contributed by atoms with Crippen LogP contribution >= 0.6 is 0 Å². The summed E-state index contributed by atoms with van der Waals surface area (Å²) in [6.45, 7) is 8.67. The van der Waals surface area contributed by atoms with Gasteiger partial charge in [-0.2, -0.15) is 0 Å². The monoisotopic (exact) mass is 261 g/mol. The van der Waals surface area contributed by atoms with Gasteiger partial charge in [0.25, 0.3) is 0 Å². The van der Waals surface area contributed by atoms with E-state index in [9.17, 15) is 0 Å².